The van der Waals surface area contributed by atoms with Crippen molar-refractivity contribution >= 4 is 11.6 Å². The molecule has 1 N–H and O–H groups in total. The minimum Gasteiger partial charge on any atom is -0.495 e. The van der Waals surface area contributed by atoms with Gasteiger partial charge in [0.15, 0.2) is 0 Å². The molecule has 0 spiro atoms. The second kappa shape index (κ2) is 5.94. The Labute approximate surface area is 115 Å². The van der Waals surface area contributed by atoms with E-state index in [1.165, 1.54) is 12.0 Å². The Balaban J connectivity index is 2.16. The van der Waals surface area contributed by atoms with Gasteiger partial charge in [0, 0.05) is 6.04 Å². The molecule has 18 heavy (non-hydrogen) atoms. The number of benzene rings is 1. The number of rotatable bonds is 6. The smallest absolute Gasteiger partial charge is 0.137 e. The molecule has 1 fully saturated rings. The predicted octanol–water partition coefficient (Wildman–Crippen LogP) is 4.05. The van der Waals surface area contributed by atoms with Crippen LogP contribution in [0.5, 0.6) is 5.75 Å². The second-order valence-electron chi connectivity index (χ2n) is 5.20. The van der Waals surface area contributed by atoms with Crippen molar-refractivity contribution in [3.8, 4) is 5.75 Å². The summed E-state index contributed by atoms with van der Waals surface area (Å²) in [4.78, 5) is 0. The Morgan fingerprint density at radius 2 is 2.22 bits per heavy atom. The van der Waals surface area contributed by atoms with Gasteiger partial charge >= 0.3 is 0 Å². The van der Waals surface area contributed by atoms with Crippen LogP contribution in [0.3, 0.4) is 0 Å². The molecular weight excluding hydrogens is 246 g/mol. The van der Waals surface area contributed by atoms with Gasteiger partial charge in [-0.1, -0.05) is 31.5 Å². The monoisotopic (exact) mass is 267 g/mol. The van der Waals surface area contributed by atoms with Crippen molar-refractivity contribution in [2.75, 3.05) is 13.7 Å². The van der Waals surface area contributed by atoms with Gasteiger partial charge in [-0.3, -0.25) is 0 Å². The summed E-state index contributed by atoms with van der Waals surface area (Å²) < 4.78 is 5.21. The van der Waals surface area contributed by atoms with E-state index in [0.717, 1.165) is 30.6 Å². The molecule has 3 unspecified atom stereocenters. The normalized spacial score (nSPS) is 23.8. The van der Waals surface area contributed by atoms with Crippen LogP contribution in [0.25, 0.3) is 0 Å². The van der Waals surface area contributed by atoms with E-state index in [4.69, 9.17) is 16.3 Å². The molecule has 1 aromatic rings. The molecule has 0 heterocycles. The standard InChI is InChI=1S/C15H22ClNO/c1-4-7-17-15(12-8-10(12)2)11-5-6-14(18-3)13(16)9-11/h5-6,9-10,12,15,17H,4,7-8H2,1-3H3. The first-order chi connectivity index (χ1) is 8.67. The molecule has 2 rings (SSSR count). The number of halogens is 1. The quantitative estimate of drug-likeness (QED) is 0.840. The minimum absolute atomic E-state index is 0.434. The molecule has 1 aliphatic rings. The van der Waals surface area contributed by atoms with Crippen LogP contribution >= 0.6 is 11.6 Å². The predicted molar refractivity (Wildman–Crippen MR) is 76.3 cm³/mol. The second-order valence-corrected chi connectivity index (χ2v) is 5.61. The highest BCUT2D eigenvalue weighted by Gasteiger charge is 2.39. The van der Waals surface area contributed by atoms with Gasteiger partial charge in [-0.05, 0) is 48.9 Å². The summed E-state index contributed by atoms with van der Waals surface area (Å²) in [6.45, 7) is 5.56. The lowest BCUT2D eigenvalue weighted by atomic mass is 10.0. The molecule has 3 atom stereocenters. The largest absolute Gasteiger partial charge is 0.495 e. The van der Waals surface area contributed by atoms with E-state index < -0.39 is 0 Å². The fourth-order valence-electron chi connectivity index (χ4n) is 2.51. The van der Waals surface area contributed by atoms with Gasteiger partial charge in [-0.2, -0.15) is 0 Å². The van der Waals surface area contributed by atoms with Crippen LogP contribution in [0.2, 0.25) is 5.02 Å². The van der Waals surface area contributed by atoms with Gasteiger partial charge in [0.2, 0.25) is 0 Å². The highest BCUT2D eigenvalue weighted by molar-refractivity contribution is 6.32. The zero-order valence-corrected chi connectivity index (χ0v) is 12.1. The van der Waals surface area contributed by atoms with E-state index in [9.17, 15) is 0 Å². The van der Waals surface area contributed by atoms with Crippen molar-refractivity contribution in [1.29, 1.82) is 0 Å². The maximum absolute atomic E-state index is 6.22. The van der Waals surface area contributed by atoms with Crippen molar-refractivity contribution in [3.05, 3.63) is 28.8 Å². The molecule has 0 amide bonds. The fourth-order valence-corrected chi connectivity index (χ4v) is 2.77. The van der Waals surface area contributed by atoms with Crippen LogP contribution in [0.15, 0.2) is 18.2 Å². The molecule has 0 aromatic heterocycles. The third-order valence-corrected chi connectivity index (χ3v) is 4.04. The number of nitrogens with one attached hydrogen (secondary N) is 1. The van der Waals surface area contributed by atoms with E-state index in [-0.39, 0.29) is 0 Å². The minimum atomic E-state index is 0.434. The highest BCUT2D eigenvalue weighted by Crippen LogP contribution is 2.47. The van der Waals surface area contributed by atoms with Gasteiger partial charge in [0.1, 0.15) is 5.75 Å². The van der Waals surface area contributed by atoms with Crippen LogP contribution in [-0.4, -0.2) is 13.7 Å². The zero-order valence-electron chi connectivity index (χ0n) is 11.4. The third kappa shape index (κ3) is 2.99. The summed E-state index contributed by atoms with van der Waals surface area (Å²) in [5, 5.41) is 4.34. The molecule has 0 bridgehead atoms. The number of hydrogen-bond donors (Lipinski definition) is 1. The van der Waals surface area contributed by atoms with Gasteiger partial charge < -0.3 is 10.1 Å². The maximum Gasteiger partial charge on any atom is 0.137 e. The molecule has 2 nitrogen and oxygen atoms in total. The highest BCUT2D eigenvalue weighted by atomic mass is 35.5. The molecule has 0 aliphatic heterocycles. The van der Waals surface area contributed by atoms with Crippen molar-refractivity contribution in [3.63, 3.8) is 0 Å². The van der Waals surface area contributed by atoms with Crippen LogP contribution in [0, 0.1) is 11.8 Å². The fraction of sp³-hybridized carbons (Fsp3) is 0.600. The third-order valence-electron chi connectivity index (χ3n) is 3.75. The van der Waals surface area contributed by atoms with E-state index >= 15 is 0 Å². The summed E-state index contributed by atoms with van der Waals surface area (Å²) in [6.07, 6.45) is 2.46. The van der Waals surface area contributed by atoms with Gasteiger partial charge in [0.25, 0.3) is 0 Å². The van der Waals surface area contributed by atoms with Crippen molar-refractivity contribution in [2.45, 2.75) is 32.7 Å². The summed E-state index contributed by atoms with van der Waals surface area (Å²) in [5.74, 6) is 2.32. The van der Waals surface area contributed by atoms with Gasteiger partial charge in [-0.25, -0.2) is 0 Å². The molecular formula is C15H22ClNO. The summed E-state index contributed by atoms with van der Waals surface area (Å²) >= 11 is 6.22. The van der Waals surface area contributed by atoms with Gasteiger partial charge in [-0.15, -0.1) is 0 Å². The number of methoxy groups -OCH3 is 1. The number of ether oxygens (including phenoxy) is 1. The average molecular weight is 268 g/mol. The van der Waals surface area contributed by atoms with Crippen LogP contribution < -0.4 is 10.1 Å². The van der Waals surface area contributed by atoms with E-state index in [1.807, 2.05) is 12.1 Å². The molecule has 0 radical (unpaired) electrons. The zero-order chi connectivity index (χ0) is 13.1. The Morgan fingerprint density at radius 3 is 2.72 bits per heavy atom. The molecule has 0 saturated heterocycles. The topological polar surface area (TPSA) is 21.3 Å². The van der Waals surface area contributed by atoms with Crippen molar-refractivity contribution in [2.24, 2.45) is 11.8 Å². The molecule has 100 valence electrons. The summed E-state index contributed by atoms with van der Waals surface area (Å²) in [6, 6.07) is 6.57. The summed E-state index contributed by atoms with van der Waals surface area (Å²) in [5.41, 5.74) is 1.28. The Morgan fingerprint density at radius 1 is 1.50 bits per heavy atom. The van der Waals surface area contributed by atoms with E-state index in [2.05, 4.69) is 25.2 Å². The first kappa shape index (κ1) is 13.7. The first-order valence-corrected chi connectivity index (χ1v) is 7.12. The molecule has 3 heteroatoms. The van der Waals surface area contributed by atoms with Crippen LogP contribution in [-0.2, 0) is 0 Å². The van der Waals surface area contributed by atoms with Crippen molar-refractivity contribution < 1.29 is 4.74 Å². The average Bonchev–Trinajstić information content (AvgIpc) is 3.07. The molecule has 1 saturated carbocycles. The van der Waals surface area contributed by atoms with Crippen LogP contribution in [0.1, 0.15) is 38.3 Å². The Kier molecular flexibility index (Phi) is 4.52. The van der Waals surface area contributed by atoms with E-state index in [0.29, 0.717) is 11.1 Å². The first-order valence-electron chi connectivity index (χ1n) is 6.74. The lowest BCUT2D eigenvalue weighted by Gasteiger charge is -2.20. The Hall–Kier alpha value is -0.730. The number of hydrogen-bond acceptors (Lipinski definition) is 2. The Bertz CT molecular complexity index is 407. The van der Waals surface area contributed by atoms with Gasteiger partial charge in [0.05, 0.1) is 12.1 Å². The SMILES string of the molecule is CCCNC(c1ccc(OC)c(Cl)c1)C1CC1C. The lowest BCUT2D eigenvalue weighted by Crippen LogP contribution is -2.24. The van der Waals surface area contributed by atoms with Crippen LogP contribution in [0.4, 0.5) is 0 Å². The summed E-state index contributed by atoms with van der Waals surface area (Å²) in [7, 11) is 1.65. The van der Waals surface area contributed by atoms with Crippen molar-refractivity contribution in [1.82, 2.24) is 5.32 Å². The maximum atomic E-state index is 6.22. The molecule has 1 aliphatic carbocycles. The van der Waals surface area contributed by atoms with E-state index in [1.54, 1.807) is 7.11 Å². The molecule has 1 aromatic carbocycles. The lowest BCUT2D eigenvalue weighted by molar-refractivity contribution is 0.413.